The number of rotatable bonds is 5. The zero-order valence-corrected chi connectivity index (χ0v) is 18.8. The number of carbonyl (C=O) groups is 2. The summed E-state index contributed by atoms with van der Waals surface area (Å²) in [6, 6.07) is 23.9. The molecule has 1 amide bonds. The molecule has 4 aromatic rings. The minimum Gasteiger partial charge on any atom is -0.465 e. The molecule has 2 atom stereocenters. The standard InChI is InChI=1S/C26H22ClN3O3/c1-2-33-25(32)22-23(18-12-6-7-13-19(18)27)30-21-15-9-8-14-20(21)28-26(30)29(24(22)31)16-17-10-4-3-5-11-17/h3-15,22-23H,2,16H2,1H3. The Morgan fingerprint density at radius 2 is 1.70 bits per heavy atom. The van der Waals surface area contributed by atoms with Gasteiger partial charge >= 0.3 is 5.97 Å². The van der Waals surface area contributed by atoms with E-state index in [2.05, 4.69) is 0 Å². The van der Waals surface area contributed by atoms with Crippen molar-refractivity contribution in [1.82, 2.24) is 9.55 Å². The summed E-state index contributed by atoms with van der Waals surface area (Å²) >= 11 is 6.59. The monoisotopic (exact) mass is 459 g/mol. The molecule has 0 saturated heterocycles. The number of anilines is 1. The van der Waals surface area contributed by atoms with Gasteiger partial charge in [0.25, 0.3) is 0 Å². The summed E-state index contributed by atoms with van der Waals surface area (Å²) in [7, 11) is 0. The molecule has 7 heteroatoms. The van der Waals surface area contributed by atoms with Crippen LogP contribution in [0.4, 0.5) is 5.95 Å². The van der Waals surface area contributed by atoms with E-state index < -0.39 is 17.9 Å². The molecule has 33 heavy (non-hydrogen) atoms. The lowest BCUT2D eigenvalue weighted by Gasteiger charge is -2.38. The molecule has 1 aliphatic rings. The van der Waals surface area contributed by atoms with Crippen molar-refractivity contribution in [3.05, 3.63) is 95.0 Å². The Kier molecular flexibility index (Phi) is 5.60. The van der Waals surface area contributed by atoms with Crippen molar-refractivity contribution in [1.29, 1.82) is 0 Å². The summed E-state index contributed by atoms with van der Waals surface area (Å²) in [6.45, 7) is 2.19. The molecule has 0 fully saturated rings. The van der Waals surface area contributed by atoms with Crippen LogP contribution < -0.4 is 4.90 Å². The maximum Gasteiger partial charge on any atom is 0.321 e. The van der Waals surface area contributed by atoms with Crippen LogP contribution in [0.2, 0.25) is 5.02 Å². The number of aromatic nitrogens is 2. The normalized spacial score (nSPS) is 17.8. The number of nitrogens with zero attached hydrogens (tertiary/aromatic N) is 3. The third kappa shape index (κ3) is 3.66. The molecule has 6 nitrogen and oxygen atoms in total. The number of halogens is 1. The van der Waals surface area contributed by atoms with Crippen molar-refractivity contribution < 1.29 is 14.3 Å². The van der Waals surface area contributed by atoms with Gasteiger partial charge in [0.1, 0.15) is 0 Å². The van der Waals surface area contributed by atoms with Gasteiger partial charge in [-0.25, -0.2) is 4.98 Å². The highest BCUT2D eigenvalue weighted by Crippen LogP contribution is 2.43. The van der Waals surface area contributed by atoms with E-state index in [0.29, 0.717) is 16.5 Å². The van der Waals surface area contributed by atoms with E-state index in [4.69, 9.17) is 21.3 Å². The van der Waals surface area contributed by atoms with E-state index in [1.165, 1.54) is 0 Å². The van der Waals surface area contributed by atoms with Crippen LogP contribution in [0.5, 0.6) is 0 Å². The maximum absolute atomic E-state index is 13.9. The summed E-state index contributed by atoms with van der Waals surface area (Å²) in [6.07, 6.45) is 0. The second-order valence-corrected chi connectivity index (χ2v) is 8.28. The quantitative estimate of drug-likeness (QED) is 0.311. The Morgan fingerprint density at radius 3 is 2.45 bits per heavy atom. The fourth-order valence-corrected chi connectivity index (χ4v) is 4.70. The Hall–Kier alpha value is -3.64. The van der Waals surface area contributed by atoms with Gasteiger partial charge in [-0.3, -0.25) is 14.5 Å². The van der Waals surface area contributed by atoms with Crippen LogP contribution in [0.15, 0.2) is 78.9 Å². The van der Waals surface area contributed by atoms with Crippen LogP contribution in [0.25, 0.3) is 11.0 Å². The number of ether oxygens (including phenoxy) is 1. The van der Waals surface area contributed by atoms with Crippen molar-refractivity contribution in [3.63, 3.8) is 0 Å². The van der Waals surface area contributed by atoms with Crippen LogP contribution in [-0.4, -0.2) is 28.0 Å². The molecule has 0 bridgehead atoms. The van der Waals surface area contributed by atoms with Crippen molar-refractivity contribution in [2.75, 3.05) is 11.5 Å². The zero-order valence-electron chi connectivity index (χ0n) is 18.0. The highest BCUT2D eigenvalue weighted by atomic mass is 35.5. The number of esters is 1. The second kappa shape index (κ2) is 8.71. The molecular weight excluding hydrogens is 438 g/mol. The molecule has 0 N–H and O–H groups in total. The molecule has 0 saturated carbocycles. The highest BCUT2D eigenvalue weighted by Gasteiger charge is 2.48. The Morgan fingerprint density at radius 1 is 1.00 bits per heavy atom. The molecule has 1 aliphatic heterocycles. The Labute approximate surface area is 196 Å². The van der Waals surface area contributed by atoms with Gasteiger partial charge in [-0.15, -0.1) is 0 Å². The van der Waals surface area contributed by atoms with Gasteiger partial charge in [-0.2, -0.15) is 0 Å². The molecule has 3 aromatic carbocycles. The van der Waals surface area contributed by atoms with E-state index in [0.717, 1.165) is 16.6 Å². The second-order valence-electron chi connectivity index (χ2n) is 7.88. The Balaban J connectivity index is 1.77. The summed E-state index contributed by atoms with van der Waals surface area (Å²) in [5, 5.41) is 0.477. The summed E-state index contributed by atoms with van der Waals surface area (Å²) in [5.74, 6) is -1.55. The van der Waals surface area contributed by atoms with Gasteiger partial charge in [0, 0.05) is 5.02 Å². The number of benzene rings is 3. The van der Waals surface area contributed by atoms with Crippen LogP contribution >= 0.6 is 11.6 Å². The van der Waals surface area contributed by atoms with E-state index >= 15 is 0 Å². The molecule has 1 aromatic heterocycles. The van der Waals surface area contributed by atoms with Crippen LogP contribution in [-0.2, 0) is 20.9 Å². The van der Waals surface area contributed by atoms with Crippen LogP contribution in [0.1, 0.15) is 24.1 Å². The Bertz CT molecular complexity index is 1340. The van der Waals surface area contributed by atoms with Gasteiger partial charge in [0.05, 0.1) is 30.2 Å². The largest absolute Gasteiger partial charge is 0.465 e. The fraction of sp³-hybridized carbons (Fsp3) is 0.192. The lowest BCUT2D eigenvalue weighted by molar-refractivity contribution is -0.153. The minimum atomic E-state index is -1.10. The molecule has 0 radical (unpaired) electrons. The summed E-state index contributed by atoms with van der Waals surface area (Å²) in [4.78, 5) is 33.5. The lowest BCUT2D eigenvalue weighted by Crippen LogP contribution is -2.49. The first-order chi connectivity index (χ1) is 16.1. The van der Waals surface area contributed by atoms with E-state index in [-0.39, 0.29) is 19.1 Å². The fourth-order valence-electron chi connectivity index (χ4n) is 4.46. The first-order valence-corrected chi connectivity index (χ1v) is 11.2. The molecular formula is C26H22ClN3O3. The van der Waals surface area contributed by atoms with Crippen molar-refractivity contribution in [2.45, 2.75) is 19.5 Å². The lowest BCUT2D eigenvalue weighted by atomic mass is 9.89. The molecule has 5 rings (SSSR count). The molecule has 166 valence electrons. The summed E-state index contributed by atoms with van der Waals surface area (Å²) in [5.41, 5.74) is 3.16. The minimum absolute atomic E-state index is 0.175. The number of para-hydroxylation sites is 2. The zero-order chi connectivity index (χ0) is 22.9. The number of carbonyl (C=O) groups excluding carboxylic acids is 2. The van der Waals surface area contributed by atoms with Crippen LogP contribution in [0, 0.1) is 5.92 Å². The third-order valence-corrected chi connectivity index (χ3v) is 6.24. The average molecular weight is 460 g/mol. The molecule has 2 unspecified atom stereocenters. The first-order valence-electron chi connectivity index (χ1n) is 10.8. The van der Waals surface area contributed by atoms with E-state index in [1.807, 2.05) is 77.4 Å². The average Bonchev–Trinajstić information content (AvgIpc) is 3.21. The predicted octanol–water partition coefficient (Wildman–Crippen LogP) is 5.01. The van der Waals surface area contributed by atoms with Gasteiger partial charge in [-0.05, 0) is 36.2 Å². The number of imidazole rings is 1. The maximum atomic E-state index is 13.9. The number of amides is 1. The van der Waals surface area contributed by atoms with Gasteiger partial charge in [0.2, 0.25) is 11.9 Å². The smallest absolute Gasteiger partial charge is 0.321 e. The van der Waals surface area contributed by atoms with E-state index in [9.17, 15) is 9.59 Å². The van der Waals surface area contributed by atoms with Crippen molar-refractivity contribution >= 4 is 40.5 Å². The van der Waals surface area contributed by atoms with Crippen LogP contribution in [0.3, 0.4) is 0 Å². The number of hydrogen-bond acceptors (Lipinski definition) is 4. The van der Waals surface area contributed by atoms with Gasteiger partial charge in [0.15, 0.2) is 5.92 Å². The molecule has 2 heterocycles. The number of fused-ring (bicyclic) bond motifs is 3. The third-order valence-electron chi connectivity index (χ3n) is 5.89. The van der Waals surface area contributed by atoms with Crippen molar-refractivity contribution in [2.24, 2.45) is 5.92 Å². The predicted molar refractivity (Wildman–Crippen MR) is 127 cm³/mol. The van der Waals surface area contributed by atoms with E-state index in [1.54, 1.807) is 17.9 Å². The molecule has 0 spiro atoms. The highest BCUT2D eigenvalue weighted by molar-refractivity contribution is 6.31. The summed E-state index contributed by atoms with van der Waals surface area (Å²) < 4.78 is 7.33. The first kappa shape index (κ1) is 21.2. The SMILES string of the molecule is CCOC(=O)C1C(=O)N(Cc2ccccc2)c2nc3ccccc3n2C1c1ccccc1Cl. The van der Waals surface area contributed by atoms with Gasteiger partial charge < -0.3 is 9.30 Å². The topological polar surface area (TPSA) is 64.4 Å². The number of hydrogen-bond donors (Lipinski definition) is 0. The van der Waals surface area contributed by atoms with Gasteiger partial charge in [-0.1, -0.05) is 72.3 Å². The molecule has 0 aliphatic carbocycles. The van der Waals surface area contributed by atoms with Crippen molar-refractivity contribution in [3.8, 4) is 0 Å².